The largest absolute Gasteiger partial charge is 0.481 e. The van der Waals surface area contributed by atoms with Gasteiger partial charge in [0.2, 0.25) is 5.88 Å². The van der Waals surface area contributed by atoms with E-state index >= 15 is 0 Å². The van der Waals surface area contributed by atoms with E-state index in [4.69, 9.17) is 4.74 Å². The minimum Gasteiger partial charge on any atom is -0.481 e. The molecule has 1 aromatic heterocycles. The third kappa shape index (κ3) is 2.75. The van der Waals surface area contributed by atoms with Crippen molar-refractivity contribution < 1.29 is 8.95 Å². The van der Waals surface area contributed by atoms with Gasteiger partial charge in [-0.25, -0.2) is 13.5 Å². The fourth-order valence-corrected chi connectivity index (χ4v) is 3.52. The molecule has 1 aromatic rings. The first-order valence-electron chi connectivity index (χ1n) is 5.72. The normalized spacial score (nSPS) is 24.7. The van der Waals surface area contributed by atoms with Gasteiger partial charge in [-0.05, 0) is 42.3 Å². The van der Waals surface area contributed by atoms with Crippen LogP contribution in [0.3, 0.4) is 0 Å². The summed E-state index contributed by atoms with van der Waals surface area (Å²) in [5.74, 6) is 0.585. The van der Waals surface area contributed by atoms with Crippen molar-refractivity contribution in [2.45, 2.75) is 31.6 Å². The monoisotopic (exact) mass is 332 g/mol. The van der Waals surface area contributed by atoms with Gasteiger partial charge < -0.3 is 4.74 Å². The molecule has 2 rings (SSSR count). The Balaban J connectivity index is 2.19. The molecule has 0 amide bonds. The molecule has 0 N–H and O–H groups in total. The molecule has 1 fully saturated rings. The number of hydrogen-bond donors (Lipinski definition) is 0. The number of aromatic nitrogens is 1. The van der Waals surface area contributed by atoms with E-state index < -0.39 is 11.0 Å². The van der Waals surface area contributed by atoms with Crippen LogP contribution in [-0.2, 0) is 11.0 Å². The van der Waals surface area contributed by atoms with Crippen LogP contribution < -0.4 is 4.74 Å². The Bertz CT molecular complexity index is 487. The second-order valence-electron chi connectivity index (χ2n) is 5.23. The van der Waals surface area contributed by atoms with Crippen LogP contribution in [0.2, 0.25) is 0 Å². The maximum atomic E-state index is 12.3. The van der Waals surface area contributed by atoms with E-state index in [1.165, 1.54) is 0 Å². The van der Waals surface area contributed by atoms with Crippen molar-refractivity contribution in [1.82, 2.24) is 9.29 Å². The van der Waals surface area contributed by atoms with Gasteiger partial charge in [-0.15, -0.1) is 0 Å². The van der Waals surface area contributed by atoms with Gasteiger partial charge >= 0.3 is 0 Å². The summed E-state index contributed by atoms with van der Waals surface area (Å²) in [6.45, 7) is 6.78. The van der Waals surface area contributed by atoms with Crippen LogP contribution in [0.4, 0.5) is 0 Å². The van der Waals surface area contributed by atoms with Gasteiger partial charge in [0.1, 0.15) is 11.0 Å². The lowest BCUT2D eigenvalue weighted by molar-refractivity contribution is 0.397. The highest BCUT2D eigenvalue weighted by Gasteiger charge is 2.44. The first-order valence-corrected chi connectivity index (χ1v) is 7.62. The van der Waals surface area contributed by atoms with E-state index in [9.17, 15) is 4.21 Å². The van der Waals surface area contributed by atoms with E-state index in [-0.39, 0.29) is 10.8 Å². The van der Waals surface area contributed by atoms with Crippen LogP contribution in [0.25, 0.3) is 0 Å². The van der Waals surface area contributed by atoms with E-state index in [2.05, 4.69) is 20.9 Å². The summed E-state index contributed by atoms with van der Waals surface area (Å²) in [5.41, 5.74) is 1.08. The molecule has 100 valence electrons. The fourth-order valence-electron chi connectivity index (χ4n) is 1.71. The number of pyridine rings is 1. The Morgan fingerprint density at radius 3 is 2.78 bits per heavy atom. The average Bonchev–Trinajstić information content (AvgIpc) is 3.07. The molecular weight excluding hydrogens is 316 g/mol. The van der Waals surface area contributed by atoms with Crippen molar-refractivity contribution in [2.24, 2.45) is 0 Å². The van der Waals surface area contributed by atoms with Crippen molar-refractivity contribution in [3.8, 4) is 5.88 Å². The summed E-state index contributed by atoms with van der Waals surface area (Å²) >= 11 is 3.48. The standard InChI is InChI=1S/C12H17BrN2O2S/c1-12(2,3)18(16)15-7-10(15)8-5-11(17-4)14-6-9(8)13/h5-6,10H,7H2,1-4H3. The smallest absolute Gasteiger partial charge is 0.213 e. The Morgan fingerprint density at radius 2 is 2.22 bits per heavy atom. The highest BCUT2D eigenvalue weighted by molar-refractivity contribution is 9.10. The van der Waals surface area contributed by atoms with Crippen molar-refractivity contribution in [3.63, 3.8) is 0 Å². The maximum Gasteiger partial charge on any atom is 0.213 e. The van der Waals surface area contributed by atoms with Crippen LogP contribution in [0.1, 0.15) is 32.4 Å². The van der Waals surface area contributed by atoms with E-state index in [1.807, 2.05) is 31.1 Å². The molecule has 2 heterocycles. The lowest BCUT2D eigenvalue weighted by Gasteiger charge is -2.18. The molecule has 0 aliphatic carbocycles. The summed E-state index contributed by atoms with van der Waals surface area (Å²) in [6.07, 6.45) is 1.73. The predicted molar refractivity (Wildman–Crippen MR) is 75.8 cm³/mol. The van der Waals surface area contributed by atoms with E-state index in [0.717, 1.165) is 16.6 Å². The Kier molecular flexibility index (Phi) is 3.80. The summed E-state index contributed by atoms with van der Waals surface area (Å²) < 4.78 is 20.1. The van der Waals surface area contributed by atoms with Crippen LogP contribution in [-0.4, -0.2) is 31.9 Å². The number of methoxy groups -OCH3 is 1. The lowest BCUT2D eigenvalue weighted by Crippen LogP contribution is -2.27. The van der Waals surface area contributed by atoms with Crippen molar-refractivity contribution in [2.75, 3.05) is 13.7 Å². The van der Waals surface area contributed by atoms with E-state index in [0.29, 0.717) is 5.88 Å². The quantitative estimate of drug-likeness (QED) is 0.799. The van der Waals surface area contributed by atoms with Crippen LogP contribution in [0, 0.1) is 0 Å². The molecule has 0 radical (unpaired) electrons. The Morgan fingerprint density at radius 1 is 1.56 bits per heavy atom. The van der Waals surface area contributed by atoms with Crippen molar-refractivity contribution in [1.29, 1.82) is 0 Å². The molecule has 1 aliphatic rings. The van der Waals surface area contributed by atoms with Crippen LogP contribution in [0.15, 0.2) is 16.7 Å². The second-order valence-corrected chi connectivity index (χ2v) is 8.27. The average molecular weight is 333 g/mol. The van der Waals surface area contributed by atoms with Gasteiger partial charge in [0.15, 0.2) is 0 Å². The fraction of sp³-hybridized carbons (Fsp3) is 0.583. The number of ether oxygens (including phenoxy) is 1. The molecule has 0 saturated carbocycles. The molecule has 1 aliphatic heterocycles. The van der Waals surface area contributed by atoms with Gasteiger partial charge in [-0.3, -0.25) is 0 Å². The molecule has 0 aromatic carbocycles. The molecule has 4 nitrogen and oxygen atoms in total. The van der Waals surface area contributed by atoms with Crippen molar-refractivity contribution >= 4 is 26.9 Å². The number of halogens is 1. The molecular formula is C12H17BrN2O2S. The number of hydrogen-bond acceptors (Lipinski definition) is 3. The zero-order valence-electron chi connectivity index (χ0n) is 10.9. The first kappa shape index (κ1) is 14.0. The van der Waals surface area contributed by atoms with Crippen LogP contribution in [0.5, 0.6) is 5.88 Å². The molecule has 6 heteroatoms. The summed E-state index contributed by atoms with van der Waals surface area (Å²) in [4.78, 5) is 4.12. The molecule has 3 unspecified atom stereocenters. The zero-order valence-corrected chi connectivity index (χ0v) is 13.3. The first-order chi connectivity index (χ1) is 8.34. The van der Waals surface area contributed by atoms with E-state index in [1.54, 1.807) is 13.3 Å². The molecule has 1 saturated heterocycles. The Labute approximate surface area is 118 Å². The van der Waals surface area contributed by atoms with Crippen molar-refractivity contribution in [3.05, 3.63) is 22.3 Å². The van der Waals surface area contributed by atoms with Gasteiger partial charge in [-0.1, -0.05) is 0 Å². The number of nitrogens with zero attached hydrogens (tertiary/aromatic N) is 2. The highest BCUT2D eigenvalue weighted by atomic mass is 79.9. The highest BCUT2D eigenvalue weighted by Crippen LogP contribution is 2.42. The Hall–Kier alpha value is -0.460. The molecule has 18 heavy (non-hydrogen) atoms. The van der Waals surface area contributed by atoms with Gasteiger partial charge in [0.05, 0.1) is 17.9 Å². The summed E-state index contributed by atoms with van der Waals surface area (Å²) in [7, 11) is 0.621. The van der Waals surface area contributed by atoms with Gasteiger partial charge in [0.25, 0.3) is 0 Å². The maximum absolute atomic E-state index is 12.3. The molecule has 3 atom stereocenters. The predicted octanol–water partition coefficient (Wildman–Crippen LogP) is 2.67. The summed E-state index contributed by atoms with van der Waals surface area (Å²) in [6, 6.07) is 2.09. The minimum absolute atomic E-state index is 0.191. The third-order valence-corrected chi connectivity index (χ3v) is 5.27. The minimum atomic E-state index is -0.974. The zero-order chi connectivity index (χ0) is 13.5. The number of rotatable bonds is 3. The van der Waals surface area contributed by atoms with Gasteiger partial charge in [0, 0.05) is 23.3 Å². The lowest BCUT2D eigenvalue weighted by atomic mass is 10.2. The SMILES string of the molecule is COc1cc(C2CN2S(=O)C(C)(C)C)c(Br)cn1. The summed E-state index contributed by atoms with van der Waals surface area (Å²) in [5, 5.41) is 0. The second kappa shape index (κ2) is 4.90. The third-order valence-electron chi connectivity index (χ3n) is 2.73. The molecule has 0 spiro atoms. The van der Waals surface area contributed by atoms with Crippen LogP contribution >= 0.6 is 15.9 Å². The topological polar surface area (TPSA) is 42.2 Å². The molecule has 0 bridgehead atoms. The van der Waals surface area contributed by atoms with Gasteiger partial charge in [-0.2, -0.15) is 0 Å².